The molecule has 30 heavy (non-hydrogen) atoms. The third-order valence-corrected chi connectivity index (χ3v) is 5.48. The van der Waals surface area contributed by atoms with Gasteiger partial charge < -0.3 is 15.1 Å². The molecule has 2 aromatic carbocycles. The summed E-state index contributed by atoms with van der Waals surface area (Å²) in [6, 6.07) is 17.1. The predicted octanol–water partition coefficient (Wildman–Crippen LogP) is 3.76. The molecule has 5 rings (SSSR count). The second kappa shape index (κ2) is 7.18. The van der Waals surface area contributed by atoms with Gasteiger partial charge in [-0.3, -0.25) is 9.36 Å². The number of nitrogens with one attached hydrogen (secondary N) is 2. The second-order valence-corrected chi connectivity index (χ2v) is 7.46. The minimum absolute atomic E-state index is 0.0698. The molecule has 1 amide bonds. The van der Waals surface area contributed by atoms with Gasteiger partial charge in [0.2, 0.25) is 0 Å². The Labute approximate surface area is 172 Å². The maximum absolute atomic E-state index is 12.6. The number of nitrogens with zero attached hydrogens (tertiary/aromatic N) is 2. The quantitative estimate of drug-likeness (QED) is 0.547. The van der Waals surface area contributed by atoms with Gasteiger partial charge >= 0.3 is 5.69 Å². The molecule has 0 spiro atoms. The van der Waals surface area contributed by atoms with E-state index in [9.17, 15) is 9.59 Å². The molecule has 4 aromatic rings. The first kappa shape index (κ1) is 18.2. The maximum atomic E-state index is 12.6. The number of hydrogen-bond donors (Lipinski definition) is 2. The van der Waals surface area contributed by atoms with Gasteiger partial charge in [-0.1, -0.05) is 24.3 Å². The van der Waals surface area contributed by atoms with Crippen molar-refractivity contribution in [3.8, 4) is 0 Å². The molecule has 7 nitrogen and oxygen atoms in total. The summed E-state index contributed by atoms with van der Waals surface area (Å²) in [6.07, 6.45) is 1.50. The van der Waals surface area contributed by atoms with E-state index in [-0.39, 0.29) is 17.5 Å². The monoisotopic (exact) mass is 400 g/mol. The van der Waals surface area contributed by atoms with Crippen LogP contribution in [0.5, 0.6) is 0 Å². The number of anilines is 2. The van der Waals surface area contributed by atoms with Gasteiger partial charge in [0, 0.05) is 35.6 Å². The summed E-state index contributed by atoms with van der Waals surface area (Å²) in [5.74, 6) is 0.895. The zero-order chi connectivity index (χ0) is 20.7. The van der Waals surface area contributed by atoms with Crippen molar-refractivity contribution in [1.29, 1.82) is 0 Å². The number of rotatable bonds is 3. The first-order valence-electron chi connectivity index (χ1n) is 9.79. The van der Waals surface area contributed by atoms with Crippen molar-refractivity contribution in [3.63, 3.8) is 0 Å². The molecule has 0 saturated heterocycles. The Morgan fingerprint density at radius 2 is 2.07 bits per heavy atom. The third-order valence-electron chi connectivity index (χ3n) is 5.48. The van der Waals surface area contributed by atoms with E-state index < -0.39 is 0 Å². The maximum Gasteiger partial charge on any atom is 0.349 e. The summed E-state index contributed by atoms with van der Waals surface area (Å²) >= 11 is 0. The number of fused-ring (bicyclic) bond motifs is 3. The molecule has 2 N–H and O–H groups in total. The molecular weight excluding hydrogens is 380 g/mol. The Morgan fingerprint density at radius 3 is 2.90 bits per heavy atom. The van der Waals surface area contributed by atoms with Gasteiger partial charge in [0.15, 0.2) is 5.76 Å². The van der Waals surface area contributed by atoms with Crippen molar-refractivity contribution in [3.05, 3.63) is 88.2 Å². The number of aromatic nitrogens is 2. The van der Waals surface area contributed by atoms with Crippen LogP contribution < -0.4 is 16.3 Å². The van der Waals surface area contributed by atoms with Gasteiger partial charge in [-0.05, 0) is 42.8 Å². The second-order valence-electron chi connectivity index (χ2n) is 7.46. The van der Waals surface area contributed by atoms with E-state index in [0.29, 0.717) is 30.1 Å². The summed E-state index contributed by atoms with van der Waals surface area (Å²) in [4.78, 5) is 29.2. The number of amides is 1. The van der Waals surface area contributed by atoms with Crippen LogP contribution in [0.3, 0.4) is 0 Å². The van der Waals surface area contributed by atoms with Crippen LogP contribution in [-0.2, 0) is 6.54 Å². The van der Waals surface area contributed by atoms with Crippen molar-refractivity contribution >= 4 is 28.3 Å². The summed E-state index contributed by atoms with van der Waals surface area (Å²) in [5.41, 5.74) is 2.93. The molecular formula is C23H20N4O3. The fraction of sp³-hybridized carbons (Fsp3) is 0.174. The van der Waals surface area contributed by atoms with Gasteiger partial charge in [-0.15, -0.1) is 0 Å². The lowest BCUT2D eigenvalue weighted by Gasteiger charge is -2.28. The predicted molar refractivity (Wildman–Crippen MR) is 115 cm³/mol. The highest BCUT2D eigenvalue weighted by molar-refractivity contribution is 6.03. The first-order chi connectivity index (χ1) is 14.6. The molecule has 1 aliphatic rings. The lowest BCUT2D eigenvalue weighted by atomic mass is 9.96. The van der Waals surface area contributed by atoms with E-state index in [1.807, 2.05) is 55.5 Å². The highest BCUT2D eigenvalue weighted by Crippen LogP contribution is 2.29. The van der Waals surface area contributed by atoms with E-state index >= 15 is 0 Å². The Hall–Kier alpha value is -3.87. The molecule has 0 bridgehead atoms. The number of carbonyl (C=O) groups is 1. The molecule has 2 aromatic heterocycles. The summed E-state index contributed by atoms with van der Waals surface area (Å²) in [6.45, 7) is 3.03. The standard InChI is InChI=1S/C23H20N4O3/c1-14-9-10-30-20(14)22(28)25-17-6-4-5-15(11-17)16-12-24-21-18-7-2-3-8-19(18)26-23(29)27(21)13-16/h2-11,16,24H,12-13H2,1H3,(H,25,28). The molecule has 1 unspecified atom stereocenters. The van der Waals surface area contributed by atoms with Crippen LogP contribution in [0.25, 0.3) is 10.9 Å². The van der Waals surface area contributed by atoms with Gasteiger partial charge in [0.05, 0.1) is 11.8 Å². The van der Waals surface area contributed by atoms with Crippen LogP contribution in [0.1, 0.15) is 27.6 Å². The zero-order valence-electron chi connectivity index (χ0n) is 16.4. The molecule has 1 atom stereocenters. The number of para-hydroxylation sites is 1. The van der Waals surface area contributed by atoms with Crippen molar-refractivity contribution in [1.82, 2.24) is 9.55 Å². The number of benzene rings is 2. The fourth-order valence-corrected chi connectivity index (χ4v) is 3.93. The average Bonchev–Trinajstić information content (AvgIpc) is 3.20. The molecule has 0 radical (unpaired) electrons. The number of furan rings is 1. The third kappa shape index (κ3) is 3.14. The molecule has 3 heterocycles. The highest BCUT2D eigenvalue weighted by Gasteiger charge is 2.23. The lowest BCUT2D eigenvalue weighted by Crippen LogP contribution is -2.35. The number of hydrogen-bond acceptors (Lipinski definition) is 5. The summed E-state index contributed by atoms with van der Waals surface area (Å²) in [7, 11) is 0. The van der Waals surface area contributed by atoms with Gasteiger partial charge in [-0.25, -0.2) is 4.79 Å². The van der Waals surface area contributed by atoms with E-state index in [4.69, 9.17) is 4.42 Å². The van der Waals surface area contributed by atoms with E-state index in [1.54, 1.807) is 10.6 Å². The van der Waals surface area contributed by atoms with Gasteiger partial charge in [-0.2, -0.15) is 4.98 Å². The molecule has 1 aliphatic heterocycles. The van der Waals surface area contributed by atoms with Crippen LogP contribution in [0.15, 0.2) is 70.1 Å². The Morgan fingerprint density at radius 1 is 1.20 bits per heavy atom. The normalized spacial score (nSPS) is 15.4. The molecule has 0 saturated carbocycles. The van der Waals surface area contributed by atoms with Crippen molar-refractivity contribution in [2.24, 2.45) is 0 Å². The Bertz CT molecular complexity index is 1320. The fourth-order valence-electron chi connectivity index (χ4n) is 3.93. The van der Waals surface area contributed by atoms with Crippen molar-refractivity contribution < 1.29 is 9.21 Å². The SMILES string of the molecule is Cc1ccoc1C(=O)Nc1cccc(C2CNc3c4ccccc4nc(=O)n3C2)c1. The average molecular weight is 400 g/mol. The summed E-state index contributed by atoms with van der Waals surface area (Å²) in [5, 5.41) is 7.23. The van der Waals surface area contributed by atoms with Crippen LogP contribution in [0.2, 0.25) is 0 Å². The topological polar surface area (TPSA) is 89.2 Å². The highest BCUT2D eigenvalue weighted by atomic mass is 16.3. The molecule has 7 heteroatoms. The van der Waals surface area contributed by atoms with Crippen LogP contribution >= 0.6 is 0 Å². The molecule has 0 aliphatic carbocycles. The first-order valence-corrected chi connectivity index (χ1v) is 9.79. The molecule has 150 valence electrons. The van der Waals surface area contributed by atoms with Crippen molar-refractivity contribution in [2.75, 3.05) is 17.2 Å². The van der Waals surface area contributed by atoms with Gasteiger partial charge in [0.1, 0.15) is 5.82 Å². The Kier molecular flexibility index (Phi) is 4.35. The minimum Gasteiger partial charge on any atom is -0.459 e. The minimum atomic E-state index is -0.284. The summed E-state index contributed by atoms with van der Waals surface area (Å²) < 4.78 is 6.95. The van der Waals surface area contributed by atoms with Crippen LogP contribution in [0.4, 0.5) is 11.5 Å². The van der Waals surface area contributed by atoms with Crippen molar-refractivity contribution in [2.45, 2.75) is 19.4 Å². The van der Waals surface area contributed by atoms with E-state index in [0.717, 1.165) is 22.3 Å². The number of aryl methyl sites for hydroxylation is 1. The largest absolute Gasteiger partial charge is 0.459 e. The van der Waals surface area contributed by atoms with Crippen LogP contribution in [-0.4, -0.2) is 22.0 Å². The molecule has 0 fully saturated rings. The van der Waals surface area contributed by atoms with E-state index in [2.05, 4.69) is 15.6 Å². The van der Waals surface area contributed by atoms with E-state index in [1.165, 1.54) is 6.26 Å². The zero-order valence-corrected chi connectivity index (χ0v) is 16.4. The Balaban J connectivity index is 1.42. The number of carbonyl (C=O) groups excluding carboxylic acids is 1. The smallest absolute Gasteiger partial charge is 0.349 e. The van der Waals surface area contributed by atoms with Crippen LogP contribution in [0, 0.1) is 6.92 Å². The lowest BCUT2D eigenvalue weighted by molar-refractivity contribution is 0.0996. The van der Waals surface area contributed by atoms with Gasteiger partial charge in [0.25, 0.3) is 5.91 Å².